The number of aromatic nitrogens is 2. The molecule has 1 aromatic carbocycles. The molecule has 0 radical (unpaired) electrons. The van der Waals surface area contributed by atoms with Crippen LogP contribution in [0.5, 0.6) is 0 Å². The molecule has 3 rings (SSSR count). The van der Waals surface area contributed by atoms with Crippen LogP contribution in [0.15, 0.2) is 12.4 Å². The second-order valence-corrected chi connectivity index (χ2v) is 5.04. The Bertz CT molecular complexity index is 674. The van der Waals surface area contributed by atoms with Crippen LogP contribution in [-0.4, -0.2) is 34.7 Å². The molecule has 100 valence electrons. The van der Waals surface area contributed by atoms with Crippen molar-refractivity contribution in [2.75, 3.05) is 19.0 Å². The van der Waals surface area contributed by atoms with E-state index >= 15 is 0 Å². The summed E-state index contributed by atoms with van der Waals surface area (Å²) >= 11 is 0. The third-order valence-corrected chi connectivity index (χ3v) is 3.39. The summed E-state index contributed by atoms with van der Waals surface area (Å²) in [5.74, 6) is -1.66. The molecular formula is C13H14FN3O2. The molecule has 0 unspecified atom stereocenters. The highest BCUT2D eigenvalue weighted by Gasteiger charge is 2.29. The van der Waals surface area contributed by atoms with Gasteiger partial charge in [0.1, 0.15) is 5.52 Å². The summed E-state index contributed by atoms with van der Waals surface area (Å²) < 4.78 is 16.5. The second kappa shape index (κ2) is 3.94. The largest absolute Gasteiger partial charge is 0.478 e. The van der Waals surface area contributed by atoms with Crippen molar-refractivity contribution in [2.24, 2.45) is 0 Å². The number of anilines is 1. The lowest BCUT2D eigenvalue weighted by Crippen LogP contribution is -2.16. The first-order valence-electron chi connectivity index (χ1n) is 6.10. The van der Waals surface area contributed by atoms with Gasteiger partial charge < -0.3 is 14.6 Å². The molecule has 1 aliphatic carbocycles. The average Bonchev–Trinajstić information content (AvgIpc) is 3.08. The molecule has 0 atom stereocenters. The Kier molecular flexibility index (Phi) is 2.48. The smallest absolute Gasteiger partial charge is 0.337 e. The van der Waals surface area contributed by atoms with E-state index < -0.39 is 11.8 Å². The van der Waals surface area contributed by atoms with Crippen LogP contribution in [-0.2, 0) is 0 Å². The van der Waals surface area contributed by atoms with Gasteiger partial charge in [0.15, 0.2) is 5.82 Å². The van der Waals surface area contributed by atoms with Crippen LogP contribution in [0.1, 0.15) is 29.2 Å². The van der Waals surface area contributed by atoms with Crippen LogP contribution in [0.2, 0.25) is 0 Å². The SMILES string of the molecule is CN(C)c1c(C(=O)O)cc2ncn(C3CC3)c2c1F. The van der Waals surface area contributed by atoms with Crippen molar-refractivity contribution in [3.8, 4) is 0 Å². The maximum atomic E-state index is 14.7. The highest BCUT2D eigenvalue weighted by molar-refractivity contribution is 6.00. The molecule has 2 aromatic rings. The van der Waals surface area contributed by atoms with Crippen LogP contribution in [0, 0.1) is 5.82 Å². The predicted molar refractivity (Wildman–Crippen MR) is 69.2 cm³/mol. The Balaban J connectivity index is 2.34. The minimum absolute atomic E-state index is 0.0592. The van der Waals surface area contributed by atoms with E-state index in [1.54, 1.807) is 20.4 Å². The van der Waals surface area contributed by atoms with Gasteiger partial charge in [0.05, 0.1) is 23.1 Å². The summed E-state index contributed by atoms with van der Waals surface area (Å²) in [6, 6.07) is 1.74. The van der Waals surface area contributed by atoms with Crippen molar-refractivity contribution in [1.29, 1.82) is 0 Å². The Morgan fingerprint density at radius 2 is 2.21 bits per heavy atom. The van der Waals surface area contributed by atoms with E-state index in [1.807, 2.05) is 4.57 Å². The molecular weight excluding hydrogens is 249 g/mol. The molecule has 0 amide bonds. The number of carboxylic acids is 1. The zero-order valence-electron chi connectivity index (χ0n) is 10.7. The number of rotatable bonds is 3. The molecule has 1 heterocycles. The second-order valence-electron chi connectivity index (χ2n) is 5.04. The molecule has 1 aliphatic rings. The predicted octanol–water partition coefficient (Wildman–Crippen LogP) is 2.27. The standard InChI is InChI=1S/C13H14FN3O2/c1-16(2)11-8(13(18)19)5-9-12(10(11)14)17(6-15-9)7-3-4-7/h5-7H,3-4H2,1-2H3,(H,18,19). The van der Waals surface area contributed by atoms with Crippen LogP contribution in [0.4, 0.5) is 10.1 Å². The first-order valence-corrected chi connectivity index (χ1v) is 6.10. The summed E-state index contributed by atoms with van der Waals surface area (Å²) in [6.07, 6.45) is 3.63. The van der Waals surface area contributed by atoms with Gasteiger partial charge in [-0.15, -0.1) is 0 Å². The Morgan fingerprint density at radius 3 is 2.74 bits per heavy atom. The molecule has 0 bridgehead atoms. The number of hydrogen-bond donors (Lipinski definition) is 1. The Morgan fingerprint density at radius 1 is 1.53 bits per heavy atom. The van der Waals surface area contributed by atoms with Crippen molar-refractivity contribution < 1.29 is 14.3 Å². The molecule has 0 aliphatic heterocycles. The van der Waals surface area contributed by atoms with Crippen LogP contribution in [0.3, 0.4) is 0 Å². The van der Waals surface area contributed by atoms with Gasteiger partial charge in [0.2, 0.25) is 0 Å². The fraction of sp³-hybridized carbons (Fsp3) is 0.385. The fourth-order valence-electron chi connectivity index (χ4n) is 2.37. The number of hydrogen-bond acceptors (Lipinski definition) is 3. The molecule has 6 heteroatoms. The van der Waals surface area contributed by atoms with Gasteiger partial charge in [0, 0.05) is 20.1 Å². The van der Waals surface area contributed by atoms with Crippen molar-refractivity contribution in [1.82, 2.24) is 9.55 Å². The lowest BCUT2D eigenvalue weighted by Gasteiger charge is -2.17. The zero-order chi connectivity index (χ0) is 13.7. The number of benzene rings is 1. The maximum Gasteiger partial charge on any atom is 0.337 e. The summed E-state index contributed by atoms with van der Waals surface area (Å²) in [6.45, 7) is 0. The molecule has 1 saturated carbocycles. The molecule has 1 fully saturated rings. The van der Waals surface area contributed by atoms with Gasteiger partial charge in [0.25, 0.3) is 0 Å². The highest BCUT2D eigenvalue weighted by atomic mass is 19.1. The number of carbonyl (C=O) groups is 1. The summed E-state index contributed by atoms with van der Waals surface area (Å²) in [4.78, 5) is 16.9. The van der Waals surface area contributed by atoms with E-state index in [1.165, 1.54) is 11.0 Å². The van der Waals surface area contributed by atoms with E-state index in [0.29, 0.717) is 17.1 Å². The first kappa shape index (κ1) is 12.0. The van der Waals surface area contributed by atoms with Crippen molar-refractivity contribution >= 4 is 22.7 Å². The minimum Gasteiger partial charge on any atom is -0.478 e. The zero-order valence-corrected chi connectivity index (χ0v) is 10.7. The number of carboxylic acid groups (broad SMARTS) is 1. The maximum absolute atomic E-state index is 14.7. The van der Waals surface area contributed by atoms with E-state index in [2.05, 4.69) is 4.98 Å². The molecule has 1 N–H and O–H groups in total. The number of imidazole rings is 1. The van der Waals surface area contributed by atoms with Gasteiger partial charge in [-0.2, -0.15) is 0 Å². The lowest BCUT2D eigenvalue weighted by molar-refractivity contribution is 0.0697. The number of nitrogens with zero attached hydrogens (tertiary/aromatic N) is 3. The van der Waals surface area contributed by atoms with Crippen molar-refractivity contribution in [3.05, 3.63) is 23.8 Å². The number of aromatic carboxylic acids is 1. The lowest BCUT2D eigenvalue weighted by atomic mass is 10.1. The normalized spacial score (nSPS) is 14.9. The molecule has 0 saturated heterocycles. The third-order valence-electron chi connectivity index (χ3n) is 3.39. The van der Waals surface area contributed by atoms with Crippen LogP contribution < -0.4 is 4.90 Å². The Hall–Kier alpha value is -2.11. The first-order chi connectivity index (χ1) is 9.00. The van der Waals surface area contributed by atoms with Crippen LogP contribution in [0.25, 0.3) is 11.0 Å². The average molecular weight is 263 g/mol. The van der Waals surface area contributed by atoms with Gasteiger partial charge in [-0.1, -0.05) is 0 Å². The van der Waals surface area contributed by atoms with Gasteiger partial charge in [-0.05, 0) is 18.9 Å². The Labute approximate surface area is 109 Å². The molecule has 0 spiro atoms. The van der Waals surface area contributed by atoms with Crippen molar-refractivity contribution in [3.63, 3.8) is 0 Å². The van der Waals surface area contributed by atoms with Crippen LogP contribution >= 0.6 is 0 Å². The summed E-state index contributed by atoms with van der Waals surface area (Å²) in [7, 11) is 3.27. The van der Waals surface area contributed by atoms with Gasteiger partial charge >= 0.3 is 5.97 Å². The van der Waals surface area contributed by atoms with Gasteiger partial charge in [-0.3, -0.25) is 0 Å². The van der Waals surface area contributed by atoms with Gasteiger partial charge in [-0.25, -0.2) is 14.2 Å². The fourth-order valence-corrected chi connectivity index (χ4v) is 2.37. The van der Waals surface area contributed by atoms with Crippen molar-refractivity contribution in [2.45, 2.75) is 18.9 Å². The van der Waals surface area contributed by atoms with E-state index in [4.69, 9.17) is 0 Å². The molecule has 19 heavy (non-hydrogen) atoms. The van der Waals surface area contributed by atoms with E-state index in [-0.39, 0.29) is 11.3 Å². The quantitative estimate of drug-likeness (QED) is 0.923. The molecule has 5 nitrogen and oxygen atoms in total. The monoisotopic (exact) mass is 263 g/mol. The van der Waals surface area contributed by atoms with E-state index in [0.717, 1.165) is 12.8 Å². The third kappa shape index (κ3) is 1.75. The number of fused-ring (bicyclic) bond motifs is 1. The molecule has 1 aromatic heterocycles. The topological polar surface area (TPSA) is 58.4 Å². The summed E-state index contributed by atoms with van der Waals surface area (Å²) in [5.41, 5.74) is 0.835. The van der Waals surface area contributed by atoms with E-state index in [9.17, 15) is 14.3 Å². The number of halogens is 1. The highest BCUT2D eigenvalue weighted by Crippen LogP contribution is 2.39. The minimum atomic E-state index is -1.15. The summed E-state index contributed by atoms with van der Waals surface area (Å²) in [5, 5.41) is 9.20.